The fourth-order valence-corrected chi connectivity index (χ4v) is 9.74. The zero-order valence-electron chi connectivity index (χ0n) is 29.1. The number of rotatable bonds is 5. The molecule has 51 heavy (non-hydrogen) atoms. The summed E-state index contributed by atoms with van der Waals surface area (Å²) in [6, 6.07) is 61.1. The van der Waals surface area contributed by atoms with Crippen molar-refractivity contribution in [2.24, 2.45) is 0 Å². The van der Waals surface area contributed by atoms with Crippen molar-refractivity contribution in [2.75, 3.05) is 4.90 Å². The van der Waals surface area contributed by atoms with Crippen LogP contribution in [-0.2, 0) is 10.8 Å². The highest BCUT2D eigenvalue weighted by Gasteiger charge is 2.52. The Kier molecular flexibility index (Phi) is 6.64. The average Bonchev–Trinajstić information content (AvgIpc) is 3.63. The van der Waals surface area contributed by atoms with Crippen molar-refractivity contribution in [3.05, 3.63) is 221 Å². The monoisotopic (exact) mass is 653 g/mol. The van der Waals surface area contributed by atoms with E-state index in [-0.39, 0.29) is 11.3 Å². The van der Waals surface area contributed by atoms with E-state index in [1.807, 2.05) is 0 Å². The molecule has 7 aromatic rings. The highest BCUT2D eigenvalue weighted by Crippen LogP contribution is 2.64. The minimum atomic E-state index is -0.452. The summed E-state index contributed by atoms with van der Waals surface area (Å²) in [7, 11) is 0. The van der Waals surface area contributed by atoms with Crippen LogP contribution in [0.3, 0.4) is 0 Å². The van der Waals surface area contributed by atoms with E-state index in [0.717, 1.165) is 12.1 Å². The molecule has 1 heteroatoms. The van der Waals surface area contributed by atoms with Crippen molar-refractivity contribution >= 4 is 27.8 Å². The zero-order chi connectivity index (χ0) is 34.2. The lowest BCUT2D eigenvalue weighted by atomic mass is 9.65. The van der Waals surface area contributed by atoms with Gasteiger partial charge in [-0.3, -0.25) is 0 Å². The molecule has 0 aliphatic heterocycles. The molecule has 7 aromatic carbocycles. The minimum absolute atomic E-state index is 0.0503. The van der Waals surface area contributed by atoms with Crippen LogP contribution in [0.1, 0.15) is 59.6 Å². The average molecular weight is 654 g/mol. The van der Waals surface area contributed by atoms with Gasteiger partial charge in [-0.25, -0.2) is 0 Å². The largest absolute Gasteiger partial charge is 0.310 e. The maximum absolute atomic E-state index is 2.54. The molecular formula is C50H39N. The predicted molar refractivity (Wildman–Crippen MR) is 214 cm³/mol. The number of hydrogen-bond donors (Lipinski definition) is 0. The summed E-state index contributed by atoms with van der Waals surface area (Å²) in [6.07, 6.45) is 8.03. The number of hydrogen-bond acceptors (Lipinski definition) is 1. The molecule has 0 N–H and O–H groups in total. The number of benzene rings is 7. The van der Waals surface area contributed by atoms with E-state index in [2.05, 4.69) is 201 Å². The van der Waals surface area contributed by atoms with Gasteiger partial charge in [-0.15, -0.1) is 0 Å². The number of fused-ring (bicyclic) bond motifs is 8. The van der Waals surface area contributed by atoms with Crippen LogP contribution in [0.15, 0.2) is 188 Å². The van der Waals surface area contributed by atoms with Crippen molar-refractivity contribution in [1.29, 1.82) is 0 Å². The highest BCUT2D eigenvalue weighted by molar-refractivity contribution is 5.99. The van der Waals surface area contributed by atoms with Crippen molar-refractivity contribution in [3.63, 3.8) is 0 Å². The zero-order valence-corrected chi connectivity index (χ0v) is 29.1. The van der Waals surface area contributed by atoms with Crippen LogP contribution < -0.4 is 4.90 Å². The van der Waals surface area contributed by atoms with Gasteiger partial charge in [0.25, 0.3) is 0 Å². The van der Waals surface area contributed by atoms with E-state index < -0.39 is 5.41 Å². The first-order valence-electron chi connectivity index (χ1n) is 18.2. The maximum atomic E-state index is 2.54. The molecule has 244 valence electrons. The molecule has 0 fully saturated rings. The summed E-state index contributed by atoms with van der Waals surface area (Å²) in [5.74, 6) is 0.213. The normalized spacial score (nSPS) is 17.3. The molecule has 0 aromatic heterocycles. The molecule has 1 nitrogen and oxygen atoms in total. The van der Waals surface area contributed by atoms with Gasteiger partial charge in [0.2, 0.25) is 0 Å². The van der Waals surface area contributed by atoms with Crippen LogP contribution >= 0.6 is 0 Å². The van der Waals surface area contributed by atoms with E-state index in [0.29, 0.717) is 0 Å². The summed E-state index contributed by atoms with van der Waals surface area (Å²) in [5.41, 5.74) is 15.4. The standard InChI is InChI=1S/C50H39N/c1-49(2)43-28-16-14-26-40(43)42-33-38(30-31-44(42)49)51(37-23-10-5-11-24-37)46-32-34-18-12-13-25-39(34)48-47(46)41-27-15-17-29-45(41)50(48,35-19-6-3-7-20-35)36-21-8-4-9-22-36/h3-26,28-33,41H,27H2,1-2H3. The first-order valence-corrected chi connectivity index (χ1v) is 18.2. The lowest BCUT2D eigenvalue weighted by Gasteiger charge is -2.36. The van der Waals surface area contributed by atoms with Gasteiger partial charge in [0.05, 0.1) is 11.1 Å². The van der Waals surface area contributed by atoms with Gasteiger partial charge >= 0.3 is 0 Å². The van der Waals surface area contributed by atoms with Crippen molar-refractivity contribution < 1.29 is 0 Å². The van der Waals surface area contributed by atoms with Gasteiger partial charge < -0.3 is 4.90 Å². The third-order valence-electron chi connectivity index (χ3n) is 11.9. The van der Waals surface area contributed by atoms with Crippen LogP contribution in [0, 0.1) is 0 Å². The molecule has 1 atom stereocenters. The first-order chi connectivity index (χ1) is 25.1. The number of para-hydroxylation sites is 1. The Morgan fingerprint density at radius 1 is 0.569 bits per heavy atom. The number of anilines is 3. The molecule has 0 bridgehead atoms. The fourth-order valence-electron chi connectivity index (χ4n) is 9.74. The molecule has 3 aliphatic carbocycles. The second kappa shape index (κ2) is 11.3. The molecule has 0 heterocycles. The topological polar surface area (TPSA) is 3.24 Å². The molecule has 0 saturated heterocycles. The van der Waals surface area contributed by atoms with Crippen molar-refractivity contribution in [3.8, 4) is 11.1 Å². The lowest BCUT2D eigenvalue weighted by molar-refractivity contribution is 0.660. The second-order valence-corrected chi connectivity index (χ2v) is 14.8. The van der Waals surface area contributed by atoms with Gasteiger partial charge in [-0.2, -0.15) is 0 Å². The van der Waals surface area contributed by atoms with Crippen LogP contribution in [0.4, 0.5) is 17.1 Å². The second-order valence-electron chi connectivity index (χ2n) is 14.8. The fraction of sp³-hybridized carbons (Fsp3) is 0.120. The summed E-state index contributed by atoms with van der Waals surface area (Å²) >= 11 is 0. The van der Waals surface area contributed by atoms with E-state index in [1.54, 1.807) is 0 Å². The summed E-state index contributed by atoms with van der Waals surface area (Å²) in [5, 5.41) is 2.57. The summed E-state index contributed by atoms with van der Waals surface area (Å²) in [6.45, 7) is 4.72. The smallest absolute Gasteiger partial charge is 0.0680 e. The van der Waals surface area contributed by atoms with Gasteiger partial charge in [0, 0.05) is 22.7 Å². The molecule has 0 saturated carbocycles. The van der Waals surface area contributed by atoms with Crippen molar-refractivity contribution in [2.45, 2.75) is 37.0 Å². The van der Waals surface area contributed by atoms with E-state index >= 15 is 0 Å². The van der Waals surface area contributed by atoms with Gasteiger partial charge in [-0.05, 0) is 97.6 Å². The molecular weight excluding hydrogens is 615 g/mol. The lowest BCUT2D eigenvalue weighted by Crippen LogP contribution is -2.30. The van der Waals surface area contributed by atoms with E-state index in [4.69, 9.17) is 0 Å². The third-order valence-corrected chi connectivity index (χ3v) is 11.9. The Bertz CT molecular complexity index is 2480. The Labute approximate surface area is 300 Å². The van der Waals surface area contributed by atoms with Crippen LogP contribution in [0.5, 0.6) is 0 Å². The van der Waals surface area contributed by atoms with Gasteiger partial charge in [0.1, 0.15) is 0 Å². The Hall–Kier alpha value is -5.92. The van der Waals surface area contributed by atoms with Crippen LogP contribution in [0.25, 0.3) is 21.9 Å². The maximum Gasteiger partial charge on any atom is 0.0680 e. The molecule has 10 rings (SSSR count). The minimum Gasteiger partial charge on any atom is -0.310 e. The van der Waals surface area contributed by atoms with Gasteiger partial charge in [0.15, 0.2) is 0 Å². The van der Waals surface area contributed by atoms with E-state index in [9.17, 15) is 0 Å². The molecule has 3 aliphatic rings. The molecule has 0 amide bonds. The quantitative estimate of drug-likeness (QED) is 0.179. The Morgan fingerprint density at radius 3 is 1.94 bits per heavy atom. The summed E-state index contributed by atoms with van der Waals surface area (Å²) < 4.78 is 0. The van der Waals surface area contributed by atoms with Crippen LogP contribution in [0.2, 0.25) is 0 Å². The highest BCUT2D eigenvalue weighted by atomic mass is 15.1. The Balaban J connectivity index is 1.33. The third kappa shape index (κ3) is 4.22. The number of nitrogens with zero attached hydrogens (tertiary/aromatic N) is 1. The molecule has 1 unspecified atom stereocenters. The molecule has 0 radical (unpaired) electrons. The van der Waals surface area contributed by atoms with Gasteiger partial charge in [-0.1, -0.05) is 166 Å². The first kappa shape index (κ1) is 29.9. The SMILES string of the molecule is CC1(C)c2ccccc2-c2cc(N(c3ccccc3)c3cc4ccccc4c4c3C3CC=CC=C3C4(c3ccccc3)c3ccccc3)ccc21. The van der Waals surface area contributed by atoms with Crippen LogP contribution in [-0.4, -0.2) is 0 Å². The summed E-state index contributed by atoms with van der Waals surface area (Å²) in [4.78, 5) is 2.54. The molecule has 0 spiro atoms. The van der Waals surface area contributed by atoms with Crippen molar-refractivity contribution in [1.82, 2.24) is 0 Å². The number of allylic oxidation sites excluding steroid dienone is 4. The Morgan fingerprint density at radius 2 is 1.20 bits per heavy atom. The predicted octanol–water partition coefficient (Wildman–Crippen LogP) is 12.9. The van der Waals surface area contributed by atoms with E-state index in [1.165, 1.54) is 72.2 Å².